The zero-order valence-electron chi connectivity index (χ0n) is 13.3. The minimum absolute atomic E-state index is 0. The summed E-state index contributed by atoms with van der Waals surface area (Å²) in [5, 5.41) is 15.6. The molecule has 0 amide bonds. The molecule has 0 aliphatic carbocycles. The number of carboxylic acids is 1. The normalized spacial score (nSPS) is 11.7. The minimum atomic E-state index is -1.10. The van der Waals surface area contributed by atoms with Crippen molar-refractivity contribution in [3.63, 3.8) is 0 Å². The summed E-state index contributed by atoms with van der Waals surface area (Å²) >= 11 is 0. The molecule has 2 N–H and O–H groups in total. The van der Waals surface area contributed by atoms with Gasteiger partial charge in [-0.15, -0.1) is 0 Å². The third-order valence-corrected chi connectivity index (χ3v) is 3.74. The van der Waals surface area contributed by atoms with Gasteiger partial charge in [-0.3, -0.25) is 0 Å². The number of aromatic amines is 1. The summed E-state index contributed by atoms with van der Waals surface area (Å²) in [5.74, 6) is -1.10. The van der Waals surface area contributed by atoms with E-state index in [9.17, 15) is 9.90 Å². The number of nitrogens with one attached hydrogen (secondary N) is 2. The second kappa shape index (κ2) is 8.12. The number of benzene rings is 2. The van der Waals surface area contributed by atoms with Crippen LogP contribution in [0.15, 0.2) is 54.7 Å². The third kappa shape index (κ3) is 4.46. The van der Waals surface area contributed by atoms with Gasteiger partial charge in [0, 0.05) is 29.2 Å². The van der Waals surface area contributed by atoms with Crippen LogP contribution >= 0.6 is 0 Å². The van der Waals surface area contributed by atoms with E-state index in [1.54, 1.807) is 0 Å². The molecule has 1 aromatic heterocycles. The van der Waals surface area contributed by atoms with Crippen molar-refractivity contribution in [1.29, 1.82) is 0 Å². The van der Waals surface area contributed by atoms with Gasteiger partial charge in [-0.05, 0) is 36.2 Å². The Labute approximate surface area is 177 Å². The van der Waals surface area contributed by atoms with Crippen molar-refractivity contribution in [1.82, 2.24) is 4.98 Å². The number of carbonyl (C=O) groups excluding carboxylic acids is 1. The number of para-hydroxylation sites is 1. The van der Waals surface area contributed by atoms with Crippen LogP contribution in [0.25, 0.3) is 10.9 Å². The first kappa shape index (κ1) is 18.2. The van der Waals surface area contributed by atoms with E-state index < -0.39 is 12.0 Å². The molecule has 5 heteroatoms. The number of carbonyl (C=O) groups is 1. The largest absolute Gasteiger partial charge is 1.00 e. The molecular weight excluding hydrogens is 315 g/mol. The average Bonchev–Trinajstić information content (AvgIpc) is 2.90. The number of aliphatic carboxylic acids is 1. The number of fused-ring (bicyclic) bond motifs is 1. The van der Waals surface area contributed by atoms with Crippen molar-refractivity contribution in [2.24, 2.45) is 0 Å². The van der Waals surface area contributed by atoms with Gasteiger partial charge in [-0.2, -0.15) is 0 Å². The van der Waals surface area contributed by atoms with Crippen molar-refractivity contribution in [3.05, 3.63) is 65.9 Å². The van der Waals surface area contributed by atoms with Gasteiger partial charge in [0.25, 0.3) is 0 Å². The summed E-state index contributed by atoms with van der Waals surface area (Å²) in [5.41, 5.74) is 3.83. The molecule has 0 unspecified atom stereocenters. The van der Waals surface area contributed by atoms with Gasteiger partial charge in [0.2, 0.25) is 0 Å². The van der Waals surface area contributed by atoms with E-state index in [-0.39, 0.29) is 51.4 Å². The predicted octanol–water partition coefficient (Wildman–Crippen LogP) is -0.747. The van der Waals surface area contributed by atoms with Crippen LogP contribution in [0.5, 0.6) is 0 Å². The standard InChI is InChI=1S/C18H18N2O2.K/c1-12-5-4-6-14(9-12)20-17(18(21)22)10-13-11-19-16-8-3-2-7-15(13)16;/h2-9,11,17,19-20H,10H2,1H3,(H,21,22);/q;+1/p-1/t17-;/m0./s1. The van der Waals surface area contributed by atoms with E-state index in [1.165, 1.54) is 0 Å². The fourth-order valence-electron chi connectivity index (χ4n) is 2.65. The van der Waals surface area contributed by atoms with Crippen molar-refractivity contribution in [2.75, 3.05) is 5.32 Å². The zero-order valence-corrected chi connectivity index (χ0v) is 16.4. The van der Waals surface area contributed by atoms with Crippen molar-refractivity contribution in [3.8, 4) is 0 Å². The van der Waals surface area contributed by atoms with Crippen LogP contribution in [0.2, 0.25) is 0 Å². The topological polar surface area (TPSA) is 68.0 Å². The van der Waals surface area contributed by atoms with Gasteiger partial charge >= 0.3 is 51.4 Å². The maximum absolute atomic E-state index is 11.5. The SMILES string of the molecule is Cc1cccc(N[C@@H](Cc2c[nH]c3ccccc23)C(=O)[O-])c1.[K+]. The van der Waals surface area contributed by atoms with Crippen LogP contribution in [0.3, 0.4) is 0 Å². The minimum Gasteiger partial charge on any atom is -0.548 e. The molecule has 0 radical (unpaired) electrons. The molecule has 0 saturated carbocycles. The van der Waals surface area contributed by atoms with E-state index in [4.69, 9.17) is 0 Å². The van der Waals surface area contributed by atoms with Crippen LogP contribution in [0.1, 0.15) is 11.1 Å². The van der Waals surface area contributed by atoms with Gasteiger partial charge in [0.05, 0.1) is 12.0 Å². The summed E-state index contributed by atoms with van der Waals surface area (Å²) in [4.78, 5) is 14.6. The molecule has 0 aliphatic heterocycles. The molecule has 0 bridgehead atoms. The molecule has 1 atom stereocenters. The quantitative estimate of drug-likeness (QED) is 0.605. The smallest absolute Gasteiger partial charge is 0.548 e. The average molecular weight is 332 g/mol. The Morgan fingerprint density at radius 3 is 2.74 bits per heavy atom. The number of aromatic nitrogens is 1. The summed E-state index contributed by atoms with van der Waals surface area (Å²) in [6.07, 6.45) is 2.22. The zero-order chi connectivity index (χ0) is 15.5. The second-order valence-corrected chi connectivity index (χ2v) is 5.45. The van der Waals surface area contributed by atoms with Gasteiger partial charge in [-0.1, -0.05) is 30.3 Å². The maximum atomic E-state index is 11.5. The van der Waals surface area contributed by atoms with Crippen LogP contribution < -0.4 is 61.8 Å². The first-order valence-electron chi connectivity index (χ1n) is 7.22. The number of carboxylic acid groups (broad SMARTS) is 1. The summed E-state index contributed by atoms with van der Waals surface area (Å²) < 4.78 is 0. The molecule has 4 nitrogen and oxygen atoms in total. The molecule has 112 valence electrons. The van der Waals surface area contributed by atoms with E-state index in [0.717, 1.165) is 27.7 Å². The molecular formula is C18H17KN2O2. The van der Waals surface area contributed by atoms with Crippen LogP contribution in [-0.4, -0.2) is 17.0 Å². The maximum Gasteiger partial charge on any atom is 1.00 e. The fraction of sp³-hybridized carbons (Fsp3) is 0.167. The Bertz CT molecular complexity index is 813. The molecule has 0 saturated heterocycles. The Hall–Kier alpha value is -1.11. The van der Waals surface area contributed by atoms with Gasteiger partial charge < -0.3 is 20.2 Å². The van der Waals surface area contributed by atoms with Gasteiger partial charge in [0.15, 0.2) is 0 Å². The first-order valence-corrected chi connectivity index (χ1v) is 7.22. The number of anilines is 1. The Balaban J connectivity index is 0.00000192. The first-order chi connectivity index (χ1) is 10.6. The fourth-order valence-corrected chi connectivity index (χ4v) is 2.65. The van der Waals surface area contributed by atoms with E-state index >= 15 is 0 Å². The Morgan fingerprint density at radius 1 is 1.22 bits per heavy atom. The van der Waals surface area contributed by atoms with Gasteiger partial charge in [-0.25, -0.2) is 0 Å². The third-order valence-electron chi connectivity index (χ3n) is 3.74. The predicted molar refractivity (Wildman–Crippen MR) is 85.6 cm³/mol. The molecule has 3 aromatic rings. The van der Waals surface area contributed by atoms with Crippen LogP contribution in [-0.2, 0) is 11.2 Å². The molecule has 3 rings (SSSR count). The molecule has 0 aliphatic rings. The molecule has 23 heavy (non-hydrogen) atoms. The monoisotopic (exact) mass is 332 g/mol. The number of hydrogen-bond acceptors (Lipinski definition) is 3. The van der Waals surface area contributed by atoms with E-state index in [1.807, 2.05) is 61.7 Å². The van der Waals surface area contributed by atoms with Crippen LogP contribution in [0, 0.1) is 6.92 Å². The molecule has 2 aromatic carbocycles. The molecule has 1 heterocycles. The number of rotatable bonds is 5. The van der Waals surface area contributed by atoms with E-state index in [2.05, 4.69) is 10.3 Å². The molecule has 0 spiro atoms. The van der Waals surface area contributed by atoms with Crippen molar-refractivity contribution < 1.29 is 61.3 Å². The van der Waals surface area contributed by atoms with Crippen LogP contribution in [0.4, 0.5) is 5.69 Å². The number of hydrogen-bond donors (Lipinski definition) is 2. The van der Waals surface area contributed by atoms with Crippen molar-refractivity contribution >= 4 is 22.6 Å². The number of aryl methyl sites for hydroxylation is 1. The second-order valence-electron chi connectivity index (χ2n) is 5.45. The summed E-state index contributed by atoms with van der Waals surface area (Å²) in [6, 6.07) is 14.7. The van der Waals surface area contributed by atoms with Crippen molar-refractivity contribution in [2.45, 2.75) is 19.4 Å². The summed E-state index contributed by atoms with van der Waals surface area (Å²) in [7, 11) is 0. The summed E-state index contributed by atoms with van der Waals surface area (Å²) in [6.45, 7) is 1.97. The van der Waals surface area contributed by atoms with Gasteiger partial charge in [0.1, 0.15) is 0 Å². The Kier molecular flexibility index (Phi) is 6.44. The number of H-pyrrole nitrogens is 1. The molecule has 0 fully saturated rings. The van der Waals surface area contributed by atoms with E-state index in [0.29, 0.717) is 6.42 Å². The Morgan fingerprint density at radius 2 is 2.00 bits per heavy atom.